The smallest absolute Gasteiger partial charge is 0.353 e. The van der Waals surface area contributed by atoms with Crippen molar-refractivity contribution in [2.45, 2.75) is 18.4 Å². The Hall–Kier alpha value is -1.05. The van der Waals surface area contributed by atoms with Crippen LogP contribution in [0.1, 0.15) is 6.92 Å². The fourth-order valence-corrected chi connectivity index (χ4v) is 3.67. The zero-order chi connectivity index (χ0) is 12.7. The summed E-state index contributed by atoms with van der Waals surface area (Å²) >= 11 is 1.28. The van der Waals surface area contributed by atoms with Crippen molar-refractivity contribution in [2.24, 2.45) is 5.92 Å². The molecule has 6 nitrogen and oxygen atoms in total. The zero-order valence-corrected chi connectivity index (χ0v) is 10.2. The molecule has 0 spiro atoms. The zero-order valence-electron chi connectivity index (χ0n) is 9.41. The largest absolute Gasteiger partial charge is 0.477 e. The number of β-lactam (4-membered cyclic amide) rings is 1. The van der Waals surface area contributed by atoms with E-state index in [9.17, 15) is 14.7 Å². The topological polar surface area (TPSA) is 87.1 Å². The highest BCUT2D eigenvalue weighted by Gasteiger charge is 2.57. The number of aliphatic hydroxyl groups is 1. The van der Waals surface area contributed by atoms with Crippen molar-refractivity contribution >= 4 is 23.6 Å². The molecule has 7 heteroatoms. The van der Waals surface area contributed by atoms with Crippen LogP contribution in [0.15, 0.2) is 10.6 Å². The van der Waals surface area contributed by atoms with Crippen LogP contribution in [-0.4, -0.2) is 52.2 Å². The number of nitrogens with zero attached hydrogens (tertiary/aromatic N) is 1. The molecule has 2 N–H and O–H groups in total. The molecule has 2 aliphatic rings. The number of hydrogen-bond acceptors (Lipinski definition) is 5. The number of carbonyl (C=O) groups excluding carboxylic acids is 1. The molecule has 3 atom stereocenters. The molecule has 0 radical (unpaired) electrons. The molecule has 17 heavy (non-hydrogen) atoms. The van der Waals surface area contributed by atoms with Gasteiger partial charge in [-0.3, -0.25) is 9.69 Å². The van der Waals surface area contributed by atoms with Gasteiger partial charge in [-0.1, -0.05) is 11.8 Å². The molecule has 1 fully saturated rings. The molecule has 1 saturated heterocycles. The summed E-state index contributed by atoms with van der Waals surface area (Å²) in [7, 11) is 1.47. The van der Waals surface area contributed by atoms with Gasteiger partial charge in [-0.05, 0) is 6.92 Å². The van der Waals surface area contributed by atoms with Crippen molar-refractivity contribution in [1.29, 1.82) is 0 Å². The number of rotatable bonds is 4. The number of ether oxygens (including phenoxy) is 1. The van der Waals surface area contributed by atoms with Crippen LogP contribution in [0.2, 0.25) is 0 Å². The fourth-order valence-electron chi connectivity index (χ4n) is 2.09. The normalized spacial score (nSPS) is 29.1. The van der Waals surface area contributed by atoms with Crippen LogP contribution in [0.25, 0.3) is 0 Å². The lowest BCUT2D eigenvalue weighted by molar-refractivity contribution is -0.156. The van der Waals surface area contributed by atoms with E-state index in [2.05, 4.69) is 0 Å². The Morgan fingerprint density at radius 3 is 2.76 bits per heavy atom. The van der Waals surface area contributed by atoms with Crippen LogP contribution < -0.4 is 0 Å². The van der Waals surface area contributed by atoms with Gasteiger partial charge in [0.25, 0.3) is 0 Å². The van der Waals surface area contributed by atoms with E-state index in [1.54, 1.807) is 0 Å². The minimum atomic E-state index is -1.13. The summed E-state index contributed by atoms with van der Waals surface area (Å²) in [5.41, 5.74) is -0.0104. The van der Waals surface area contributed by atoms with E-state index in [1.165, 1.54) is 30.7 Å². The summed E-state index contributed by atoms with van der Waals surface area (Å²) < 4.78 is 4.92. The maximum atomic E-state index is 11.8. The second-order valence-electron chi connectivity index (χ2n) is 3.99. The summed E-state index contributed by atoms with van der Waals surface area (Å²) in [6.07, 6.45) is -0.770. The Kier molecular flexibility index (Phi) is 3.15. The van der Waals surface area contributed by atoms with Gasteiger partial charge in [0.05, 0.1) is 18.6 Å². The van der Waals surface area contributed by atoms with Gasteiger partial charge < -0.3 is 14.9 Å². The Morgan fingerprint density at radius 1 is 1.65 bits per heavy atom. The van der Waals surface area contributed by atoms with Gasteiger partial charge >= 0.3 is 5.97 Å². The standard InChI is InChI=1S/C10H13NO5S/c1-4(12)6-8(13)11-7(10(14)15)5(3-16-2)17-9(6)11/h4,6,9,12H,3H2,1-2H3,(H,14,15)/t4?,6?,9-/m1/s1. The van der Waals surface area contributed by atoms with Crippen LogP contribution in [0.4, 0.5) is 0 Å². The van der Waals surface area contributed by atoms with E-state index < -0.39 is 18.0 Å². The lowest BCUT2D eigenvalue weighted by atomic mass is 9.92. The first kappa shape index (κ1) is 12.4. The third kappa shape index (κ3) is 1.74. The second-order valence-corrected chi connectivity index (χ2v) is 5.20. The average molecular weight is 259 g/mol. The van der Waals surface area contributed by atoms with Crippen molar-refractivity contribution in [3.05, 3.63) is 10.6 Å². The Bertz CT molecular complexity index is 406. The quantitative estimate of drug-likeness (QED) is 0.682. The number of carboxylic acid groups (broad SMARTS) is 1. The SMILES string of the molecule is COCC1=C(C(=O)O)N2C(=O)C(C(C)O)[C@H]2S1. The summed E-state index contributed by atoms with van der Waals surface area (Å²) in [5.74, 6) is -1.99. The highest BCUT2D eigenvalue weighted by Crippen LogP contribution is 2.50. The summed E-state index contributed by atoms with van der Waals surface area (Å²) in [6, 6.07) is 0. The molecule has 2 rings (SSSR count). The van der Waals surface area contributed by atoms with Gasteiger partial charge in [-0.2, -0.15) is 0 Å². The van der Waals surface area contributed by atoms with Gasteiger partial charge in [-0.25, -0.2) is 4.79 Å². The lowest BCUT2D eigenvalue weighted by Crippen LogP contribution is -2.60. The summed E-state index contributed by atoms with van der Waals surface area (Å²) in [4.78, 5) is 24.6. The first-order valence-corrected chi connectivity index (χ1v) is 6.00. The van der Waals surface area contributed by atoms with Gasteiger partial charge in [-0.15, -0.1) is 0 Å². The Morgan fingerprint density at radius 2 is 2.29 bits per heavy atom. The highest BCUT2D eigenvalue weighted by atomic mass is 32.2. The third-order valence-electron chi connectivity index (χ3n) is 2.85. The number of hydrogen-bond donors (Lipinski definition) is 2. The number of carboxylic acids is 1. The molecular formula is C10H13NO5S. The van der Waals surface area contributed by atoms with Crippen molar-refractivity contribution in [2.75, 3.05) is 13.7 Å². The van der Waals surface area contributed by atoms with E-state index in [-0.39, 0.29) is 23.6 Å². The monoisotopic (exact) mass is 259 g/mol. The van der Waals surface area contributed by atoms with Gasteiger partial charge in [0.2, 0.25) is 5.91 Å². The van der Waals surface area contributed by atoms with Crippen LogP contribution >= 0.6 is 11.8 Å². The average Bonchev–Trinajstić information content (AvgIpc) is 2.53. The number of aliphatic carboxylic acids is 1. The van der Waals surface area contributed by atoms with Crippen molar-refractivity contribution in [3.63, 3.8) is 0 Å². The molecule has 2 aliphatic heterocycles. The van der Waals surface area contributed by atoms with Crippen LogP contribution in [0.3, 0.4) is 0 Å². The van der Waals surface area contributed by atoms with E-state index in [4.69, 9.17) is 9.84 Å². The second kappa shape index (κ2) is 4.32. The minimum absolute atomic E-state index is 0.0104. The molecule has 0 aromatic heterocycles. The molecule has 1 amide bonds. The molecule has 0 saturated carbocycles. The Labute approximate surface area is 102 Å². The molecule has 0 aromatic rings. The van der Waals surface area contributed by atoms with E-state index in [0.29, 0.717) is 4.91 Å². The number of carbonyl (C=O) groups is 2. The number of aliphatic hydroxyl groups excluding tert-OH is 1. The molecule has 0 aromatic carbocycles. The minimum Gasteiger partial charge on any atom is -0.477 e. The molecule has 0 bridgehead atoms. The van der Waals surface area contributed by atoms with E-state index in [0.717, 1.165) is 0 Å². The van der Waals surface area contributed by atoms with Crippen molar-refractivity contribution < 1.29 is 24.5 Å². The third-order valence-corrected chi connectivity index (χ3v) is 4.19. The molecule has 2 heterocycles. The predicted octanol–water partition coefficient (Wildman–Crippen LogP) is -0.159. The number of amides is 1. The maximum absolute atomic E-state index is 11.8. The fraction of sp³-hybridized carbons (Fsp3) is 0.600. The summed E-state index contributed by atoms with van der Waals surface area (Å²) in [6.45, 7) is 1.70. The van der Waals surface area contributed by atoms with Crippen LogP contribution in [0, 0.1) is 5.92 Å². The van der Waals surface area contributed by atoms with Gasteiger partial charge in [0.15, 0.2) is 0 Å². The summed E-state index contributed by atoms with van der Waals surface area (Å²) in [5, 5.41) is 18.3. The van der Waals surface area contributed by atoms with E-state index in [1.807, 2.05) is 0 Å². The molecule has 2 unspecified atom stereocenters. The lowest BCUT2D eigenvalue weighted by Gasteiger charge is -2.43. The van der Waals surface area contributed by atoms with E-state index >= 15 is 0 Å². The highest BCUT2D eigenvalue weighted by molar-refractivity contribution is 8.04. The first-order chi connectivity index (χ1) is 7.99. The number of methoxy groups -OCH3 is 1. The van der Waals surface area contributed by atoms with Crippen molar-refractivity contribution in [3.8, 4) is 0 Å². The van der Waals surface area contributed by atoms with Gasteiger partial charge in [0, 0.05) is 12.0 Å². The van der Waals surface area contributed by atoms with Crippen LogP contribution in [-0.2, 0) is 14.3 Å². The molecular weight excluding hydrogens is 246 g/mol. The number of thioether (sulfide) groups is 1. The first-order valence-electron chi connectivity index (χ1n) is 5.12. The predicted molar refractivity (Wildman–Crippen MR) is 59.9 cm³/mol. The van der Waals surface area contributed by atoms with Gasteiger partial charge in [0.1, 0.15) is 11.1 Å². The maximum Gasteiger partial charge on any atom is 0.353 e. The van der Waals surface area contributed by atoms with Crippen molar-refractivity contribution in [1.82, 2.24) is 4.90 Å². The van der Waals surface area contributed by atoms with Crippen LogP contribution in [0.5, 0.6) is 0 Å². The molecule has 0 aliphatic carbocycles. The number of fused-ring (bicyclic) bond motifs is 1. The Balaban J connectivity index is 2.26. The molecule has 94 valence electrons.